The molecule has 0 aromatic carbocycles. The van der Waals surface area contributed by atoms with Crippen LogP contribution in [0.1, 0.15) is 43.6 Å². The summed E-state index contributed by atoms with van der Waals surface area (Å²) in [6.07, 6.45) is 2.35. The van der Waals surface area contributed by atoms with Crippen LogP contribution in [0.15, 0.2) is 21.7 Å². The molecule has 10 N–H and O–H groups in total. The second-order valence-corrected chi connectivity index (χ2v) is 11.8. The molecule has 0 spiro atoms. The maximum atomic E-state index is 13.2. The fourth-order valence-electron chi connectivity index (χ4n) is 3.94. The Hall–Kier alpha value is -4.41. The number of nitrogens with two attached hydrogens (primary N) is 3. The highest BCUT2D eigenvalue weighted by atomic mass is 32.2. The first-order valence-electron chi connectivity index (χ1n) is 12.7. The van der Waals surface area contributed by atoms with Crippen LogP contribution in [0.4, 0.5) is 5.13 Å². The van der Waals surface area contributed by atoms with Crippen molar-refractivity contribution in [2.45, 2.75) is 56.5 Å². The van der Waals surface area contributed by atoms with Crippen LogP contribution in [0.2, 0.25) is 0 Å². The molecule has 1 aliphatic heterocycles. The number of oxime groups is 1. The van der Waals surface area contributed by atoms with Crippen molar-refractivity contribution in [1.29, 1.82) is 0 Å². The summed E-state index contributed by atoms with van der Waals surface area (Å²) in [5.41, 5.74) is 15.2. The minimum absolute atomic E-state index is 0.0675. The molecule has 2 aliphatic rings. The van der Waals surface area contributed by atoms with Crippen LogP contribution in [-0.2, 0) is 36.1 Å². The number of aliphatic imine (C=N–C) groups is 1. The highest BCUT2D eigenvalue weighted by Gasteiger charge is 2.56. The number of carboxylic acid groups (broad SMARTS) is 1. The Morgan fingerprint density at radius 3 is 2.67 bits per heavy atom. The molecule has 3 atom stereocenters. The number of β-lactam (4-membered cyclic amide) rings is 1. The van der Waals surface area contributed by atoms with E-state index in [4.69, 9.17) is 22.0 Å². The second-order valence-electron chi connectivity index (χ2n) is 9.63. The average molecular weight is 643 g/mol. The van der Waals surface area contributed by atoms with E-state index in [2.05, 4.69) is 36.0 Å². The molecule has 1 saturated carbocycles. The van der Waals surface area contributed by atoms with Crippen LogP contribution in [-0.4, -0.2) is 103 Å². The number of hydrogen-bond acceptors (Lipinski definition) is 14. The Kier molecular flexibility index (Phi) is 9.12. The smallest absolute Gasteiger partial charge is 0.362 e. The van der Waals surface area contributed by atoms with Crippen molar-refractivity contribution < 1.29 is 37.3 Å². The molecular formula is C21H30N12O8S2. The summed E-state index contributed by atoms with van der Waals surface area (Å²) in [7, 11) is -5.03. The standard InChI is InChI=1S/C21H30N12O8S2/c1-10(27-19(23)25-6-2-5-22)11-7-26-32(30-11)8-13-15(17(35)33(13)43(38,39)40)29-16(34)14(12-9-42-20(24)28-12)31-41-21(3-4-21)18(36)37/h7,9-10,13,15H,2-6,8,22H2,1H3,(H2,24,28)(H,29,34)(H,36,37)(H3,23,25,27)(H,38,39,40). The molecule has 2 aromatic heterocycles. The highest BCUT2D eigenvalue weighted by molar-refractivity contribution is 7.84. The molecule has 1 aliphatic carbocycles. The van der Waals surface area contributed by atoms with Crippen molar-refractivity contribution in [2.75, 3.05) is 18.8 Å². The van der Waals surface area contributed by atoms with E-state index in [1.807, 2.05) is 0 Å². The van der Waals surface area contributed by atoms with Gasteiger partial charge in [0.2, 0.25) is 5.60 Å². The fraction of sp³-hybridized carbons (Fsp3) is 0.524. The first-order valence-corrected chi connectivity index (χ1v) is 15.0. The third-order valence-corrected chi connectivity index (χ3v) is 8.07. The Morgan fingerprint density at radius 1 is 1.37 bits per heavy atom. The Balaban J connectivity index is 1.51. The second kappa shape index (κ2) is 12.4. The number of rotatable bonds is 14. The molecule has 4 rings (SSSR count). The van der Waals surface area contributed by atoms with Gasteiger partial charge in [-0.15, -0.1) is 11.3 Å². The summed E-state index contributed by atoms with van der Waals surface area (Å²) in [4.78, 5) is 51.8. The Bertz CT molecular complexity index is 1550. The predicted octanol–water partition coefficient (Wildman–Crippen LogP) is -2.83. The van der Waals surface area contributed by atoms with Crippen molar-refractivity contribution in [2.24, 2.45) is 21.6 Å². The quantitative estimate of drug-likeness (QED) is 0.0273. The molecule has 2 aromatic rings. The minimum atomic E-state index is -5.03. The van der Waals surface area contributed by atoms with Crippen LogP contribution in [0.5, 0.6) is 0 Å². The lowest BCUT2D eigenvalue weighted by molar-refractivity contribution is -0.153. The molecule has 3 unspecified atom stereocenters. The van der Waals surface area contributed by atoms with Gasteiger partial charge in [0.25, 0.3) is 11.8 Å². The van der Waals surface area contributed by atoms with Crippen LogP contribution in [0.3, 0.4) is 0 Å². The Labute approximate surface area is 248 Å². The normalized spacial score (nSPS) is 20.7. The van der Waals surface area contributed by atoms with Crippen LogP contribution in [0.25, 0.3) is 0 Å². The average Bonchev–Trinajstić information content (AvgIpc) is 3.36. The zero-order valence-electron chi connectivity index (χ0n) is 22.7. The summed E-state index contributed by atoms with van der Waals surface area (Å²) in [6, 6.07) is -3.30. The summed E-state index contributed by atoms with van der Waals surface area (Å²) < 4.78 is 33.8. The number of carbonyl (C=O) groups excluding carboxylic acids is 2. The van der Waals surface area contributed by atoms with Crippen molar-refractivity contribution in [1.82, 2.24) is 34.9 Å². The number of anilines is 1. The molecule has 20 nitrogen and oxygen atoms in total. The molecule has 2 amide bonds. The van der Waals surface area contributed by atoms with Crippen LogP contribution in [0, 0.1) is 0 Å². The van der Waals surface area contributed by atoms with Gasteiger partial charge in [-0.05, 0) is 19.9 Å². The van der Waals surface area contributed by atoms with Gasteiger partial charge in [-0.25, -0.2) is 14.1 Å². The maximum Gasteiger partial charge on any atom is 0.362 e. The number of amides is 2. The lowest BCUT2D eigenvalue weighted by Crippen LogP contribution is -2.73. The number of carbonyl (C=O) groups is 3. The van der Waals surface area contributed by atoms with Crippen LogP contribution < -0.4 is 27.8 Å². The maximum absolute atomic E-state index is 13.2. The number of aliphatic carboxylic acids is 1. The van der Waals surface area contributed by atoms with Gasteiger partial charge < -0.3 is 37.8 Å². The van der Waals surface area contributed by atoms with E-state index >= 15 is 0 Å². The van der Waals surface area contributed by atoms with E-state index in [-0.39, 0.29) is 40.5 Å². The number of hydrogen-bond donors (Lipinski definition) is 7. The molecule has 2 fully saturated rings. The van der Waals surface area contributed by atoms with E-state index in [9.17, 15) is 32.5 Å². The van der Waals surface area contributed by atoms with E-state index < -0.39 is 57.5 Å². The molecule has 234 valence electrons. The molecule has 0 bridgehead atoms. The molecular weight excluding hydrogens is 612 g/mol. The molecule has 22 heteroatoms. The van der Waals surface area contributed by atoms with Crippen LogP contribution >= 0.6 is 11.3 Å². The first-order chi connectivity index (χ1) is 20.3. The first kappa shape index (κ1) is 31.5. The monoisotopic (exact) mass is 642 g/mol. The third-order valence-electron chi connectivity index (χ3n) is 6.45. The van der Waals surface area contributed by atoms with Gasteiger partial charge in [-0.2, -0.15) is 23.4 Å². The van der Waals surface area contributed by atoms with E-state index in [0.717, 1.165) is 16.1 Å². The lowest BCUT2D eigenvalue weighted by atomic mass is 9.98. The van der Waals surface area contributed by atoms with Gasteiger partial charge in [-0.1, -0.05) is 5.16 Å². The fourth-order valence-corrected chi connectivity index (χ4v) is 5.36. The summed E-state index contributed by atoms with van der Waals surface area (Å²) in [5, 5.41) is 28.1. The van der Waals surface area contributed by atoms with Gasteiger partial charge in [0.1, 0.15) is 23.5 Å². The number of nitrogen functional groups attached to an aromatic ring is 1. The third kappa shape index (κ3) is 7.15. The number of guanidine groups is 1. The Morgan fingerprint density at radius 2 is 2.09 bits per heavy atom. The van der Waals surface area contributed by atoms with E-state index in [1.165, 1.54) is 11.6 Å². The molecule has 0 radical (unpaired) electrons. The topological polar surface area (TPSA) is 309 Å². The van der Waals surface area contributed by atoms with Gasteiger partial charge in [0.15, 0.2) is 16.8 Å². The number of aromatic nitrogens is 4. The largest absolute Gasteiger partial charge is 0.478 e. The summed E-state index contributed by atoms with van der Waals surface area (Å²) in [6.45, 7) is 2.25. The number of nitrogens with zero attached hydrogens (tertiary/aromatic N) is 7. The van der Waals surface area contributed by atoms with Gasteiger partial charge in [0, 0.05) is 24.8 Å². The van der Waals surface area contributed by atoms with E-state index in [1.54, 1.807) is 6.92 Å². The van der Waals surface area contributed by atoms with Crippen molar-refractivity contribution in [3.8, 4) is 0 Å². The molecule has 43 heavy (non-hydrogen) atoms. The number of carboxylic acids is 1. The highest BCUT2D eigenvalue weighted by Crippen LogP contribution is 2.40. The van der Waals surface area contributed by atoms with Gasteiger partial charge in [0.05, 0.1) is 18.8 Å². The SMILES string of the molecule is CC(NC(N)=NCCCN)c1cnn(CC2C(NC(=O)C(=NOC3(C(=O)O)CC3)c3csc(N)n3)C(=O)N2S(=O)(=O)O)n1. The van der Waals surface area contributed by atoms with Crippen molar-refractivity contribution in [3.05, 3.63) is 23.0 Å². The summed E-state index contributed by atoms with van der Waals surface area (Å²) >= 11 is 0.965. The zero-order valence-corrected chi connectivity index (χ0v) is 24.3. The zero-order chi connectivity index (χ0) is 31.5. The molecule has 1 saturated heterocycles. The van der Waals surface area contributed by atoms with Gasteiger partial charge in [-0.3, -0.25) is 19.1 Å². The molecule has 3 heterocycles. The van der Waals surface area contributed by atoms with E-state index in [0.29, 0.717) is 25.2 Å². The lowest BCUT2D eigenvalue weighted by Gasteiger charge is -2.43. The number of thiazole rings is 1. The number of nitrogens with one attached hydrogen (secondary N) is 2. The van der Waals surface area contributed by atoms with Crippen molar-refractivity contribution >= 4 is 56.2 Å². The van der Waals surface area contributed by atoms with Crippen molar-refractivity contribution in [3.63, 3.8) is 0 Å². The predicted molar refractivity (Wildman–Crippen MR) is 150 cm³/mol. The van der Waals surface area contributed by atoms with Gasteiger partial charge >= 0.3 is 16.3 Å². The summed E-state index contributed by atoms with van der Waals surface area (Å²) in [5.74, 6) is -3.31. The minimum Gasteiger partial charge on any atom is -0.478 e.